The molecule has 1 saturated heterocycles. The smallest absolute Gasteiger partial charge is 0.146 e. The standard InChI is InChI=1S/C17H28FN3/c1-3-20(4-2)12-9-19-14-15-7-8-16(18)17(13-15)21-10-5-6-11-21/h7-8,13,19H,3-6,9-12,14H2,1-2H3. The fraction of sp³-hybridized carbons (Fsp3) is 0.647. The van der Waals surface area contributed by atoms with E-state index in [0.717, 1.165) is 57.1 Å². The molecule has 1 aromatic rings. The topological polar surface area (TPSA) is 18.5 Å². The van der Waals surface area contributed by atoms with E-state index in [1.54, 1.807) is 6.07 Å². The van der Waals surface area contributed by atoms with Crippen LogP contribution in [0.5, 0.6) is 0 Å². The largest absolute Gasteiger partial charge is 0.369 e. The second-order valence-electron chi connectivity index (χ2n) is 5.68. The molecular formula is C17H28FN3. The minimum atomic E-state index is -0.0937. The predicted molar refractivity (Wildman–Crippen MR) is 87.3 cm³/mol. The fourth-order valence-electron chi connectivity index (χ4n) is 2.88. The van der Waals surface area contributed by atoms with Crippen molar-refractivity contribution >= 4 is 5.69 Å². The third kappa shape index (κ3) is 4.68. The molecule has 2 rings (SSSR count). The van der Waals surface area contributed by atoms with E-state index in [-0.39, 0.29) is 5.82 Å². The fourth-order valence-corrected chi connectivity index (χ4v) is 2.88. The van der Waals surface area contributed by atoms with E-state index >= 15 is 0 Å². The summed E-state index contributed by atoms with van der Waals surface area (Å²) in [5.74, 6) is -0.0937. The molecule has 1 aromatic carbocycles. The first-order valence-electron chi connectivity index (χ1n) is 8.21. The van der Waals surface area contributed by atoms with E-state index in [1.165, 1.54) is 12.8 Å². The highest BCUT2D eigenvalue weighted by atomic mass is 19.1. The first-order valence-corrected chi connectivity index (χ1v) is 8.21. The number of hydrogen-bond acceptors (Lipinski definition) is 3. The Bertz CT molecular complexity index is 426. The Morgan fingerprint density at radius 1 is 1.19 bits per heavy atom. The molecule has 0 spiro atoms. The predicted octanol–water partition coefficient (Wildman–Crippen LogP) is 2.86. The lowest BCUT2D eigenvalue weighted by atomic mass is 10.1. The normalized spacial score (nSPS) is 15.1. The molecule has 3 nitrogen and oxygen atoms in total. The van der Waals surface area contributed by atoms with Gasteiger partial charge in [-0.05, 0) is 43.6 Å². The number of anilines is 1. The summed E-state index contributed by atoms with van der Waals surface area (Å²) in [5, 5.41) is 3.46. The lowest BCUT2D eigenvalue weighted by molar-refractivity contribution is 0.302. The molecular weight excluding hydrogens is 265 g/mol. The zero-order valence-electron chi connectivity index (χ0n) is 13.4. The summed E-state index contributed by atoms with van der Waals surface area (Å²) >= 11 is 0. The number of likely N-dealkylation sites (N-methyl/N-ethyl adjacent to an activating group) is 1. The maximum absolute atomic E-state index is 13.9. The first-order chi connectivity index (χ1) is 10.2. The Labute approximate surface area is 128 Å². The Kier molecular flexibility index (Phi) is 6.46. The van der Waals surface area contributed by atoms with Crippen molar-refractivity contribution in [3.8, 4) is 0 Å². The number of nitrogens with one attached hydrogen (secondary N) is 1. The molecule has 0 radical (unpaired) electrons. The third-order valence-electron chi connectivity index (χ3n) is 4.29. The molecule has 1 aliphatic rings. The van der Waals surface area contributed by atoms with E-state index in [4.69, 9.17) is 0 Å². The van der Waals surface area contributed by atoms with Gasteiger partial charge in [0, 0.05) is 32.7 Å². The molecule has 0 aliphatic carbocycles. The van der Waals surface area contributed by atoms with Crippen LogP contribution in [0.15, 0.2) is 18.2 Å². The Balaban J connectivity index is 1.84. The molecule has 0 saturated carbocycles. The highest BCUT2D eigenvalue weighted by molar-refractivity contribution is 5.50. The second kappa shape index (κ2) is 8.35. The molecule has 1 fully saturated rings. The minimum Gasteiger partial charge on any atom is -0.369 e. The molecule has 1 N–H and O–H groups in total. The number of halogens is 1. The van der Waals surface area contributed by atoms with Gasteiger partial charge >= 0.3 is 0 Å². The van der Waals surface area contributed by atoms with Gasteiger partial charge in [0.2, 0.25) is 0 Å². The first kappa shape index (κ1) is 16.2. The summed E-state index contributed by atoms with van der Waals surface area (Å²) in [7, 11) is 0. The molecule has 118 valence electrons. The number of hydrogen-bond donors (Lipinski definition) is 1. The second-order valence-corrected chi connectivity index (χ2v) is 5.68. The van der Waals surface area contributed by atoms with Crippen molar-refractivity contribution in [2.75, 3.05) is 44.2 Å². The minimum absolute atomic E-state index is 0.0937. The van der Waals surface area contributed by atoms with Crippen LogP contribution in [0.2, 0.25) is 0 Å². The zero-order chi connectivity index (χ0) is 15.1. The van der Waals surface area contributed by atoms with Crippen LogP contribution in [0.4, 0.5) is 10.1 Å². The van der Waals surface area contributed by atoms with Gasteiger partial charge in [0.1, 0.15) is 5.82 Å². The Hall–Kier alpha value is -1.13. The van der Waals surface area contributed by atoms with Gasteiger partial charge in [-0.25, -0.2) is 4.39 Å². The molecule has 1 aliphatic heterocycles. The van der Waals surface area contributed by atoms with Crippen LogP contribution in [0.25, 0.3) is 0 Å². The van der Waals surface area contributed by atoms with Gasteiger partial charge in [0.05, 0.1) is 5.69 Å². The molecule has 21 heavy (non-hydrogen) atoms. The van der Waals surface area contributed by atoms with Crippen molar-refractivity contribution in [3.05, 3.63) is 29.6 Å². The van der Waals surface area contributed by atoms with Crippen molar-refractivity contribution < 1.29 is 4.39 Å². The van der Waals surface area contributed by atoms with Gasteiger partial charge in [0.25, 0.3) is 0 Å². The number of benzene rings is 1. The van der Waals surface area contributed by atoms with Crippen LogP contribution < -0.4 is 10.2 Å². The quantitative estimate of drug-likeness (QED) is 0.744. The Morgan fingerprint density at radius 3 is 2.57 bits per heavy atom. The number of rotatable bonds is 8. The van der Waals surface area contributed by atoms with Crippen LogP contribution in [0.3, 0.4) is 0 Å². The molecule has 0 bridgehead atoms. The van der Waals surface area contributed by atoms with E-state index < -0.39 is 0 Å². The van der Waals surface area contributed by atoms with Crippen LogP contribution >= 0.6 is 0 Å². The van der Waals surface area contributed by atoms with Crippen molar-refractivity contribution in [3.63, 3.8) is 0 Å². The maximum Gasteiger partial charge on any atom is 0.146 e. The van der Waals surface area contributed by atoms with Gasteiger partial charge < -0.3 is 15.1 Å². The van der Waals surface area contributed by atoms with Crippen molar-refractivity contribution in [1.29, 1.82) is 0 Å². The van der Waals surface area contributed by atoms with Gasteiger partial charge in [-0.2, -0.15) is 0 Å². The van der Waals surface area contributed by atoms with Crippen molar-refractivity contribution in [2.45, 2.75) is 33.2 Å². The zero-order valence-corrected chi connectivity index (χ0v) is 13.4. The summed E-state index contributed by atoms with van der Waals surface area (Å²) in [6, 6.07) is 5.50. The molecule has 0 atom stereocenters. The highest BCUT2D eigenvalue weighted by Gasteiger charge is 2.16. The van der Waals surface area contributed by atoms with E-state index in [9.17, 15) is 4.39 Å². The molecule has 1 heterocycles. The maximum atomic E-state index is 13.9. The Morgan fingerprint density at radius 2 is 1.90 bits per heavy atom. The summed E-state index contributed by atoms with van der Waals surface area (Å²) in [5.41, 5.74) is 1.94. The van der Waals surface area contributed by atoms with Crippen LogP contribution in [-0.4, -0.2) is 44.2 Å². The van der Waals surface area contributed by atoms with Gasteiger partial charge in [-0.1, -0.05) is 19.9 Å². The van der Waals surface area contributed by atoms with Crippen molar-refractivity contribution in [2.24, 2.45) is 0 Å². The summed E-state index contributed by atoms with van der Waals surface area (Å²) in [6.07, 6.45) is 2.34. The van der Waals surface area contributed by atoms with Crippen LogP contribution in [-0.2, 0) is 6.54 Å². The SMILES string of the molecule is CCN(CC)CCNCc1ccc(F)c(N2CCCC2)c1. The van der Waals surface area contributed by atoms with E-state index in [2.05, 4.69) is 29.0 Å². The lowest BCUT2D eigenvalue weighted by Gasteiger charge is -2.20. The van der Waals surface area contributed by atoms with E-state index in [1.807, 2.05) is 12.1 Å². The molecule has 0 aromatic heterocycles. The van der Waals surface area contributed by atoms with Gasteiger partial charge in [-0.3, -0.25) is 0 Å². The van der Waals surface area contributed by atoms with Gasteiger partial charge in [-0.15, -0.1) is 0 Å². The molecule has 4 heteroatoms. The highest BCUT2D eigenvalue weighted by Crippen LogP contribution is 2.24. The van der Waals surface area contributed by atoms with Crippen LogP contribution in [0.1, 0.15) is 32.3 Å². The summed E-state index contributed by atoms with van der Waals surface area (Å²) in [4.78, 5) is 4.56. The van der Waals surface area contributed by atoms with Crippen LogP contribution in [0, 0.1) is 5.82 Å². The number of nitrogens with zero attached hydrogens (tertiary/aromatic N) is 2. The third-order valence-corrected chi connectivity index (χ3v) is 4.29. The average Bonchev–Trinajstić information content (AvgIpc) is 3.03. The monoisotopic (exact) mass is 293 g/mol. The van der Waals surface area contributed by atoms with Gasteiger partial charge in [0.15, 0.2) is 0 Å². The summed E-state index contributed by atoms with van der Waals surface area (Å²) in [6.45, 7) is 11.4. The van der Waals surface area contributed by atoms with Crippen molar-refractivity contribution in [1.82, 2.24) is 10.2 Å². The molecule has 0 unspecified atom stereocenters. The summed E-state index contributed by atoms with van der Waals surface area (Å²) < 4.78 is 13.9. The van der Waals surface area contributed by atoms with E-state index in [0.29, 0.717) is 0 Å². The average molecular weight is 293 g/mol. The molecule has 0 amide bonds. The lowest BCUT2D eigenvalue weighted by Crippen LogP contribution is -2.31.